The molecule has 1 unspecified atom stereocenters. The molecule has 30 heavy (non-hydrogen) atoms. The summed E-state index contributed by atoms with van der Waals surface area (Å²) in [4.78, 5) is 19.0. The lowest BCUT2D eigenvalue weighted by Gasteiger charge is -2.23. The Balaban J connectivity index is 1.54. The van der Waals surface area contributed by atoms with Gasteiger partial charge in [0.15, 0.2) is 0 Å². The van der Waals surface area contributed by atoms with E-state index in [9.17, 15) is 4.79 Å². The SMILES string of the molecule is Cc1ccc(C)c(CN2C(=O)CCC2c2nc(-c3ccc(OC(C)C)cc3)no2)c1. The molecule has 1 fully saturated rings. The van der Waals surface area contributed by atoms with E-state index >= 15 is 0 Å². The van der Waals surface area contributed by atoms with Crippen LogP contribution in [0.4, 0.5) is 0 Å². The van der Waals surface area contributed by atoms with E-state index < -0.39 is 0 Å². The molecule has 1 saturated heterocycles. The maximum atomic E-state index is 12.6. The van der Waals surface area contributed by atoms with E-state index in [1.54, 1.807) is 0 Å². The number of aryl methyl sites for hydroxylation is 2. The van der Waals surface area contributed by atoms with E-state index in [1.807, 2.05) is 43.0 Å². The lowest BCUT2D eigenvalue weighted by Crippen LogP contribution is -2.27. The maximum absolute atomic E-state index is 12.6. The summed E-state index contributed by atoms with van der Waals surface area (Å²) in [6.45, 7) is 8.67. The van der Waals surface area contributed by atoms with Crippen molar-refractivity contribution < 1.29 is 14.1 Å². The van der Waals surface area contributed by atoms with E-state index in [-0.39, 0.29) is 18.1 Å². The van der Waals surface area contributed by atoms with Crippen LogP contribution in [0.5, 0.6) is 5.75 Å². The van der Waals surface area contributed by atoms with Crippen molar-refractivity contribution >= 4 is 5.91 Å². The third kappa shape index (κ3) is 4.22. The van der Waals surface area contributed by atoms with Gasteiger partial charge in [-0.3, -0.25) is 4.79 Å². The molecule has 1 atom stereocenters. The highest BCUT2D eigenvalue weighted by Crippen LogP contribution is 2.34. The Bertz CT molecular complexity index is 1040. The van der Waals surface area contributed by atoms with Crippen molar-refractivity contribution in [3.05, 3.63) is 65.0 Å². The minimum Gasteiger partial charge on any atom is -0.491 e. The number of nitrogens with zero attached hydrogens (tertiary/aromatic N) is 3. The summed E-state index contributed by atoms with van der Waals surface area (Å²) < 4.78 is 11.3. The summed E-state index contributed by atoms with van der Waals surface area (Å²) in [5.74, 6) is 1.94. The van der Waals surface area contributed by atoms with Crippen LogP contribution in [0.15, 0.2) is 47.0 Å². The molecule has 0 bridgehead atoms. The summed E-state index contributed by atoms with van der Waals surface area (Å²) in [7, 11) is 0. The molecule has 1 amide bonds. The quantitative estimate of drug-likeness (QED) is 0.577. The summed E-state index contributed by atoms with van der Waals surface area (Å²) in [5, 5.41) is 4.15. The second-order valence-corrected chi connectivity index (χ2v) is 8.15. The fraction of sp³-hybridized carbons (Fsp3) is 0.375. The lowest BCUT2D eigenvalue weighted by atomic mass is 10.0. The molecule has 1 aliphatic rings. The minimum atomic E-state index is -0.192. The minimum absolute atomic E-state index is 0.121. The lowest BCUT2D eigenvalue weighted by molar-refractivity contribution is -0.130. The van der Waals surface area contributed by atoms with Gasteiger partial charge < -0.3 is 14.2 Å². The number of carbonyl (C=O) groups excluding carboxylic acids is 1. The molecular weight excluding hydrogens is 378 g/mol. The van der Waals surface area contributed by atoms with Crippen LogP contribution < -0.4 is 4.74 Å². The van der Waals surface area contributed by atoms with Crippen molar-refractivity contribution in [1.29, 1.82) is 0 Å². The van der Waals surface area contributed by atoms with E-state index in [0.717, 1.165) is 16.9 Å². The number of hydrogen-bond acceptors (Lipinski definition) is 5. The highest BCUT2D eigenvalue weighted by atomic mass is 16.5. The zero-order valence-electron chi connectivity index (χ0n) is 17.9. The van der Waals surface area contributed by atoms with Crippen molar-refractivity contribution in [2.75, 3.05) is 0 Å². The second kappa shape index (κ2) is 8.30. The topological polar surface area (TPSA) is 68.5 Å². The fourth-order valence-electron chi connectivity index (χ4n) is 3.79. The van der Waals surface area contributed by atoms with Gasteiger partial charge >= 0.3 is 0 Å². The number of likely N-dealkylation sites (tertiary alicyclic amines) is 1. The molecule has 1 aromatic heterocycles. The van der Waals surface area contributed by atoms with Gasteiger partial charge in [0.05, 0.1) is 6.10 Å². The molecule has 0 radical (unpaired) electrons. The molecule has 0 spiro atoms. The predicted molar refractivity (Wildman–Crippen MR) is 114 cm³/mol. The Morgan fingerprint density at radius 1 is 1.17 bits per heavy atom. The Morgan fingerprint density at radius 2 is 1.93 bits per heavy atom. The first-order valence-electron chi connectivity index (χ1n) is 10.4. The van der Waals surface area contributed by atoms with Gasteiger partial charge in [0.2, 0.25) is 17.6 Å². The zero-order valence-corrected chi connectivity index (χ0v) is 17.9. The van der Waals surface area contributed by atoms with Gasteiger partial charge in [-0.25, -0.2) is 0 Å². The van der Waals surface area contributed by atoms with Crippen LogP contribution in [0.2, 0.25) is 0 Å². The normalized spacial score (nSPS) is 16.5. The van der Waals surface area contributed by atoms with Crippen LogP contribution in [0, 0.1) is 13.8 Å². The molecule has 0 N–H and O–H groups in total. The summed E-state index contributed by atoms with van der Waals surface area (Å²) in [6, 6.07) is 13.8. The van der Waals surface area contributed by atoms with Crippen molar-refractivity contribution in [1.82, 2.24) is 15.0 Å². The number of carbonyl (C=O) groups is 1. The summed E-state index contributed by atoms with van der Waals surface area (Å²) in [5.41, 5.74) is 4.36. The molecule has 2 heterocycles. The van der Waals surface area contributed by atoms with Crippen molar-refractivity contribution in [3.63, 3.8) is 0 Å². The Hall–Kier alpha value is -3.15. The monoisotopic (exact) mass is 405 g/mol. The van der Waals surface area contributed by atoms with Gasteiger partial charge in [-0.05, 0) is 69.5 Å². The number of ether oxygens (including phenoxy) is 1. The molecule has 0 saturated carbocycles. The highest BCUT2D eigenvalue weighted by Gasteiger charge is 2.36. The number of benzene rings is 2. The fourth-order valence-corrected chi connectivity index (χ4v) is 3.79. The van der Waals surface area contributed by atoms with Crippen LogP contribution in [-0.4, -0.2) is 27.1 Å². The molecule has 0 aliphatic carbocycles. The van der Waals surface area contributed by atoms with Gasteiger partial charge in [0.1, 0.15) is 11.8 Å². The molecular formula is C24H27N3O3. The molecule has 4 rings (SSSR count). The van der Waals surface area contributed by atoms with Crippen molar-refractivity contribution in [2.45, 2.75) is 59.2 Å². The van der Waals surface area contributed by atoms with Gasteiger partial charge in [0, 0.05) is 18.5 Å². The molecule has 6 nitrogen and oxygen atoms in total. The number of hydrogen-bond donors (Lipinski definition) is 0. The van der Waals surface area contributed by atoms with E-state index in [0.29, 0.717) is 31.1 Å². The third-order valence-electron chi connectivity index (χ3n) is 5.38. The molecule has 1 aliphatic heterocycles. The zero-order chi connectivity index (χ0) is 21.3. The smallest absolute Gasteiger partial charge is 0.249 e. The van der Waals surface area contributed by atoms with E-state index in [4.69, 9.17) is 9.26 Å². The number of amides is 1. The largest absolute Gasteiger partial charge is 0.491 e. The predicted octanol–water partition coefficient (Wildman–Crippen LogP) is 5.00. The van der Waals surface area contributed by atoms with E-state index in [2.05, 4.69) is 42.2 Å². The van der Waals surface area contributed by atoms with Gasteiger partial charge in [0.25, 0.3) is 0 Å². The standard InChI is InChI=1S/C24H27N3O3/c1-15(2)29-20-9-7-18(8-10-20)23-25-24(30-26-23)21-11-12-22(28)27(21)14-19-13-16(3)5-6-17(19)4/h5-10,13,15,21H,11-12,14H2,1-4H3. The second-order valence-electron chi connectivity index (χ2n) is 8.15. The summed E-state index contributed by atoms with van der Waals surface area (Å²) in [6.07, 6.45) is 1.30. The number of aromatic nitrogens is 2. The number of rotatable bonds is 6. The molecule has 3 aromatic rings. The first kappa shape index (κ1) is 20.1. The highest BCUT2D eigenvalue weighted by molar-refractivity contribution is 5.79. The van der Waals surface area contributed by atoms with Crippen LogP contribution in [0.25, 0.3) is 11.4 Å². The average molecular weight is 405 g/mol. The Morgan fingerprint density at radius 3 is 2.67 bits per heavy atom. The maximum Gasteiger partial charge on any atom is 0.249 e. The van der Waals surface area contributed by atoms with Crippen LogP contribution in [0.3, 0.4) is 0 Å². The van der Waals surface area contributed by atoms with E-state index in [1.165, 1.54) is 11.1 Å². The van der Waals surface area contributed by atoms with Crippen molar-refractivity contribution in [3.8, 4) is 17.1 Å². The molecule has 6 heteroatoms. The van der Waals surface area contributed by atoms with Crippen LogP contribution in [-0.2, 0) is 11.3 Å². The average Bonchev–Trinajstić information content (AvgIpc) is 3.32. The Labute approximate surface area is 176 Å². The summed E-state index contributed by atoms with van der Waals surface area (Å²) >= 11 is 0. The molecule has 2 aromatic carbocycles. The first-order valence-corrected chi connectivity index (χ1v) is 10.4. The van der Waals surface area contributed by atoms with Gasteiger partial charge in [-0.2, -0.15) is 4.98 Å². The third-order valence-corrected chi connectivity index (χ3v) is 5.38. The van der Waals surface area contributed by atoms with Gasteiger partial charge in [-0.1, -0.05) is 28.9 Å². The van der Waals surface area contributed by atoms with Crippen LogP contribution >= 0.6 is 0 Å². The van der Waals surface area contributed by atoms with Gasteiger partial charge in [-0.15, -0.1) is 0 Å². The first-order chi connectivity index (χ1) is 14.4. The van der Waals surface area contributed by atoms with Crippen LogP contribution in [0.1, 0.15) is 55.3 Å². The Kier molecular flexibility index (Phi) is 5.57. The van der Waals surface area contributed by atoms with Crippen molar-refractivity contribution in [2.24, 2.45) is 0 Å². The molecule has 156 valence electrons.